The van der Waals surface area contributed by atoms with Crippen LogP contribution in [0.3, 0.4) is 0 Å². The molecule has 0 spiro atoms. The third-order valence-electron chi connectivity index (χ3n) is 8.39. The molecule has 0 atom stereocenters. The Morgan fingerprint density at radius 3 is 2.38 bits per heavy atom. The topological polar surface area (TPSA) is 109 Å². The summed E-state index contributed by atoms with van der Waals surface area (Å²) in [4.78, 5) is 29.3. The summed E-state index contributed by atoms with van der Waals surface area (Å²) >= 11 is 6.87. The number of carboxylic acids is 1. The molecule has 4 aromatic rings. The first-order valence-electron chi connectivity index (χ1n) is 15.8. The number of amides is 1. The Labute approximate surface area is 288 Å². The van der Waals surface area contributed by atoms with Crippen molar-refractivity contribution in [3.63, 3.8) is 0 Å². The van der Waals surface area contributed by atoms with Gasteiger partial charge >= 0.3 is 5.97 Å². The number of hydrogen-bond donors (Lipinski definition) is 2. The van der Waals surface area contributed by atoms with Crippen LogP contribution in [0.2, 0.25) is 0 Å². The van der Waals surface area contributed by atoms with E-state index < -0.39 is 5.97 Å². The molecule has 0 radical (unpaired) electrons. The van der Waals surface area contributed by atoms with E-state index in [-0.39, 0.29) is 23.8 Å². The van der Waals surface area contributed by atoms with Gasteiger partial charge in [0.25, 0.3) is 5.91 Å². The second-order valence-corrected chi connectivity index (χ2v) is 13.3. The van der Waals surface area contributed by atoms with Crippen LogP contribution in [0.4, 0.5) is 0 Å². The number of carbonyl (C=O) groups excluding carboxylic acids is 1. The fourth-order valence-electron chi connectivity index (χ4n) is 5.83. The zero-order chi connectivity index (χ0) is 33.6. The van der Waals surface area contributed by atoms with Crippen molar-refractivity contribution in [2.24, 2.45) is 0 Å². The molecule has 0 aromatic heterocycles. The number of ether oxygens (including phenoxy) is 3. The summed E-state index contributed by atoms with van der Waals surface area (Å²) in [6.45, 7) is 4.22. The third-order valence-corrected chi connectivity index (χ3v) is 9.76. The Bertz CT molecular complexity index is 1890. The molecule has 0 unspecified atom stereocenters. The number of methoxy groups -OCH3 is 1. The first-order chi connectivity index (χ1) is 23.3. The van der Waals surface area contributed by atoms with Crippen LogP contribution >= 0.6 is 24.0 Å². The summed E-state index contributed by atoms with van der Waals surface area (Å²) in [6, 6.07) is 21.9. The standard InChI is InChI=1S/C37H36N2O7S2/c1-44-33-22-28(36(42)43)9-12-32(33)45-17-4-15-39-35(41)34(48-37(39)47)23-29-20-26(8-11-31(29)46-18-16-38-13-2-3-14-38)24-5-6-27-21-30(40)10-7-25(27)19-24/h5-12,19-23,40H,2-4,13-18H2,1H3,(H,42,43). The predicted octanol–water partition coefficient (Wildman–Crippen LogP) is 7.06. The van der Waals surface area contributed by atoms with Gasteiger partial charge in [0.1, 0.15) is 22.4 Å². The normalized spacial score (nSPS) is 15.9. The van der Waals surface area contributed by atoms with Crippen molar-refractivity contribution >= 4 is 57.0 Å². The van der Waals surface area contributed by atoms with Crippen molar-refractivity contribution in [1.29, 1.82) is 0 Å². The maximum Gasteiger partial charge on any atom is 0.335 e. The van der Waals surface area contributed by atoms with Crippen LogP contribution in [0.25, 0.3) is 28.0 Å². The van der Waals surface area contributed by atoms with Crippen LogP contribution in [0, 0.1) is 0 Å². The summed E-state index contributed by atoms with van der Waals surface area (Å²) < 4.78 is 17.9. The van der Waals surface area contributed by atoms with E-state index in [4.69, 9.17) is 26.4 Å². The Morgan fingerprint density at radius 2 is 1.58 bits per heavy atom. The maximum atomic E-state index is 13.6. The van der Waals surface area contributed by atoms with E-state index >= 15 is 0 Å². The molecule has 248 valence electrons. The molecule has 2 fully saturated rings. The number of likely N-dealkylation sites (tertiary alicyclic amines) is 1. The van der Waals surface area contributed by atoms with Crippen LogP contribution in [0.15, 0.2) is 77.7 Å². The lowest BCUT2D eigenvalue weighted by atomic mass is 9.99. The van der Waals surface area contributed by atoms with Crippen LogP contribution in [0.1, 0.15) is 35.2 Å². The monoisotopic (exact) mass is 684 g/mol. The van der Waals surface area contributed by atoms with Gasteiger partial charge in [0.05, 0.1) is 24.2 Å². The number of nitrogens with zero attached hydrogens (tertiary/aromatic N) is 2. The quantitative estimate of drug-likeness (QED) is 0.0863. The fraction of sp³-hybridized carbons (Fsp3) is 0.270. The summed E-state index contributed by atoms with van der Waals surface area (Å²) in [5, 5.41) is 21.1. The number of phenolic OH excluding ortho intramolecular Hbond substituents is 1. The average Bonchev–Trinajstić information content (AvgIpc) is 3.70. The Balaban J connectivity index is 1.18. The molecule has 6 rings (SSSR count). The number of carboxylic acid groups (broad SMARTS) is 1. The van der Waals surface area contributed by atoms with E-state index in [9.17, 15) is 19.8 Å². The van der Waals surface area contributed by atoms with E-state index in [1.807, 2.05) is 42.5 Å². The molecule has 2 heterocycles. The summed E-state index contributed by atoms with van der Waals surface area (Å²) in [5.41, 5.74) is 2.88. The minimum Gasteiger partial charge on any atom is -0.508 e. The zero-order valence-electron chi connectivity index (χ0n) is 26.5. The number of thiocarbonyl (C=S) groups is 1. The van der Waals surface area contributed by atoms with Crippen molar-refractivity contribution in [2.75, 3.05) is 46.5 Å². The molecule has 11 heteroatoms. The summed E-state index contributed by atoms with van der Waals surface area (Å²) in [6.07, 6.45) is 4.79. The van der Waals surface area contributed by atoms with Crippen molar-refractivity contribution < 1.29 is 34.0 Å². The Kier molecular flexibility index (Phi) is 10.5. The number of rotatable bonds is 13. The molecule has 2 saturated heterocycles. The average molecular weight is 685 g/mol. The number of fused-ring (bicyclic) bond motifs is 1. The Morgan fingerprint density at radius 1 is 0.875 bits per heavy atom. The highest BCUT2D eigenvalue weighted by Gasteiger charge is 2.32. The minimum atomic E-state index is -1.05. The SMILES string of the molecule is COc1cc(C(=O)O)ccc1OCCCN1C(=O)C(=Cc2cc(-c3ccc4cc(O)ccc4c3)ccc2OCCN2CCCC2)SC1=S. The van der Waals surface area contributed by atoms with Gasteiger partial charge in [0, 0.05) is 18.7 Å². The molecule has 9 nitrogen and oxygen atoms in total. The molecule has 1 amide bonds. The van der Waals surface area contributed by atoms with E-state index in [1.165, 1.54) is 43.8 Å². The van der Waals surface area contributed by atoms with E-state index in [0.29, 0.717) is 46.0 Å². The van der Waals surface area contributed by atoms with Crippen molar-refractivity contribution in [2.45, 2.75) is 19.3 Å². The summed E-state index contributed by atoms with van der Waals surface area (Å²) in [7, 11) is 1.45. The molecule has 4 aromatic carbocycles. The maximum absolute atomic E-state index is 13.6. The fourth-order valence-corrected chi connectivity index (χ4v) is 7.13. The van der Waals surface area contributed by atoms with Gasteiger partial charge in [-0.25, -0.2) is 4.79 Å². The van der Waals surface area contributed by atoms with Gasteiger partial charge in [-0.3, -0.25) is 14.6 Å². The molecule has 2 N–H and O–H groups in total. The van der Waals surface area contributed by atoms with Gasteiger partial charge in [-0.2, -0.15) is 0 Å². The Hall–Kier alpha value is -4.58. The van der Waals surface area contributed by atoms with Crippen LogP contribution in [-0.2, 0) is 4.79 Å². The summed E-state index contributed by atoms with van der Waals surface area (Å²) in [5.74, 6) is 0.453. The third kappa shape index (κ3) is 7.75. The molecule has 48 heavy (non-hydrogen) atoms. The van der Waals surface area contributed by atoms with Crippen LogP contribution in [0.5, 0.6) is 23.0 Å². The van der Waals surface area contributed by atoms with E-state index in [1.54, 1.807) is 23.1 Å². The lowest BCUT2D eigenvalue weighted by Crippen LogP contribution is -2.30. The highest BCUT2D eigenvalue weighted by Crippen LogP contribution is 2.37. The number of phenols is 1. The van der Waals surface area contributed by atoms with Gasteiger partial charge in [-0.15, -0.1) is 0 Å². The second-order valence-electron chi connectivity index (χ2n) is 11.6. The smallest absolute Gasteiger partial charge is 0.335 e. The number of benzene rings is 4. The zero-order valence-corrected chi connectivity index (χ0v) is 28.1. The molecule has 0 bridgehead atoms. The van der Waals surface area contributed by atoms with Crippen LogP contribution in [-0.4, -0.2) is 82.7 Å². The number of carbonyl (C=O) groups is 2. The highest BCUT2D eigenvalue weighted by molar-refractivity contribution is 8.26. The van der Waals surface area contributed by atoms with Crippen molar-refractivity contribution in [3.05, 3.63) is 88.8 Å². The number of hydrogen-bond acceptors (Lipinski definition) is 9. The molecule has 2 aliphatic heterocycles. The van der Waals surface area contributed by atoms with Gasteiger partial charge in [0.2, 0.25) is 0 Å². The lowest BCUT2D eigenvalue weighted by Gasteiger charge is -2.17. The molecule has 2 aliphatic rings. The van der Waals surface area contributed by atoms with E-state index in [0.717, 1.165) is 47.1 Å². The second kappa shape index (κ2) is 15.1. The van der Waals surface area contributed by atoms with Gasteiger partial charge in [-0.05, 0) is 109 Å². The van der Waals surface area contributed by atoms with Gasteiger partial charge < -0.3 is 24.4 Å². The predicted molar refractivity (Wildman–Crippen MR) is 192 cm³/mol. The molecular weight excluding hydrogens is 649 g/mol. The number of aromatic hydroxyl groups is 1. The molecule has 0 saturated carbocycles. The first kappa shape index (κ1) is 33.3. The van der Waals surface area contributed by atoms with Gasteiger partial charge in [-0.1, -0.05) is 48.2 Å². The largest absolute Gasteiger partial charge is 0.508 e. The number of aromatic carboxylic acids is 1. The number of thioether (sulfide) groups is 1. The molecular formula is C37H36N2O7S2. The van der Waals surface area contributed by atoms with Crippen molar-refractivity contribution in [3.8, 4) is 34.1 Å². The van der Waals surface area contributed by atoms with E-state index in [2.05, 4.69) is 11.0 Å². The lowest BCUT2D eigenvalue weighted by molar-refractivity contribution is -0.122. The highest BCUT2D eigenvalue weighted by atomic mass is 32.2. The van der Waals surface area contributed by atoms with Crippen LogP contribution < -0.4 is 14.2 Å². The first-order valence-corrected chi connectivity index (χ1v) is 17.0. The molecule has 0 aliphatic carbocycles. The minimum absolute atomic E-state index is 0.104. The van der Waals surface area contributed by atoms with Crippen molar-refractivity contribution in [1.82, 2.24) is 9.80 Å². The van der Waals surface area contributed by atoms with Gasteiger partial charge in [0.15, 0.2) is 11.5 Å².